The molecule has 1 atom stereocenters. The van der Waals surface area contributed by atoms with E-state index in [9.17, 15) is 19.8 Å². The van der Waals surface area contributed by atoms with Gasteiger partial charge in [0.2, 0.25) is 0 Å². The lowest BCUT2D eigenvalue weighted by atomic mass is 10.1. The van der Waals surface area contributed by atoms with Gasteiger partial charge in [0.25, 0.3) is 5.91 Å². The smallest absolute Gasteiger partial charge is 0.326 e. The van der Waals surface area contributed by atoms with Crippen molar-refractivity contribution >= 4 is 45.7 Å². The zero-order valence-corrected chi connectivity index (χ0v) is 15.1. The Kier molecular flexibility index (Phi) is 6.01. The summed E-state index contributed by atoms with van der Waals surface area (Å²) in [5.74, 6) is -1.26. The maximum absolute atomic E-state index is 12.8. The molecule has 0 spiro atoms. The van der Waals surface area contributed by atoms with Gasteiger partial charge in [-0.2, -0.15) is 0 Å². The van der Waals surface area contributed by atoms with Crippen LogP contribution in [0.25, 0.3) is 5.57 Å². The topological polar surface area (TPSA) is 77.8 Å². The number of thioether (sulfide) groups is 1. The molecular formula is C17H19NO4S2. The lowest BCUT2D eigenvalue weighted by Gasteiger charge is -2.23. The highest BCUT2D eigenvalue weighted by atomic mass is 32.2. The van der Waals surface area contributed by atoms with E-state index < -0.39 is 12.0 Å². The molecule has 5 nitrogen and oxygen atoms in total. The Bertz CT molecular complexity index is 697. The van der Waals surface area contributed by atoms with Crippen molar-refractivity contribution in [1.29, 1.82) is 0 Å². The number of carbonyl (C=O) groups is 2. The average molecular weight is 365 g/mol. The summed E-state index contributed by atoms with van der Waals surface area (Å²) in [6.07, 6.45) is 1.94. The van der Waals surface area contributed by atoms with E-state index in [1.807, 2.05) is 6.92 Å². The summed E-state index contributed by atoms with van der Waals surface area (Å²) in [6.45, 7) is 3.76. The van der Waals surface area contributed by atoms with Crippen LogP contribution in [0.3, 0.4) is 0 Å². The number of benzene rings is 1. The van der Waals surface area contributed by atoms with Gasteiger partial charge in [0, 0.05) is 0 Å². The first-order valence-electron chi connectivity index (χ1n) is 7.65. The number of amides is 1. The normalized spacial score (nSPS) is 18.0. The summed E-state index contributed by atoms with van der Waals surface area (Å²) in [7, 11) is 0. The van der Waals surface area contributed by atoms with E-state index in [2.05, 4.69) is 0 Å². The largest absolute Gasteiger partial charge is 0.508 e. The molecule has 0 aromatic heterocycles. The fourth-order valence-corrected chi connectivity index (χ4v) is 3.88. The predicted molar refractivity (Wildman–Crippen MR) is 98.7 cm³/mol. The molecule has 1 aromatic rings. The Hall–Kier alpha value is -1.86. The van der Waals surface area contributed by atoms with Gasteiger partial charge in [0.05, 0.1) is 4.91 Å². The van der Waals surface area contributed by atoms with Crippen LogP contribution < -0.4 is 0 Å². The quantitative estimate of drug-likeness (QED) is 0.592. The summed E-state index contributed by atoms with van der Waals surface area (Å²) < 4.78 is 0.275. The minimum Gasteiger partial charge on any atom is -0.508 e. The number of aliphatic carboxylic acids is 1. The first-order chi connectivity index (χ1) is 11.4. The van der Waals surface area contributed by atoms with Gasteiger partial charge in [0.1, 0.15) is 16.1 Å². The Morgan fingerprint density at radius 3 is 2.50 bits per heavy atom. The lowest BCUT2D eigenvalue weighted by molar-refractivity contribution is -0.145. The van der Waals surface area contributed by atoms with E-state index >= 15 is 0 Å². The van der Waals surface area contributed by atoms with Crippen LogP contribution in [0.4, 0.5) is 0 Å². The van der Waals surface area contributed by atoms with Crippen molar-refractivity contribution in [3.05, 3.63) is 34.7 Å². The van der Waals surface area contributed by atoms with Crippen LogP contribution in [0.15, 0.2) is 29.2 Å². The second-order valence-electron chi connectivity index (χ2n) is 5.54. The molecule has 1 fully saturated rings. The molecule has 1 aromatic carbocycles. The number of unbranched alkanes of at least 4 members (excludes halogenated alkanes) is 1. The standard InChI is InChI=1S/C17H19NO4S2/c1-3-4-5-13(16(21)22)18-15(20)14(24-17(18)23)10(2)11-6-8-12(19)9-7-11/h6-9,13,19H,3-5H2,1-2H3,(H,21,22)/b14-10-. The molecule has 1 unspecified atom stereocenters. The van der Waals surface area contributed by atoms with Gasteiger partial charge < -0.3 is 10.2 Å². The average Bonchev–Trinajstić information content (AvgIpc) is 2.83. The maximum Gasteiger partial charge on any atom is 0.326 e. The number of carbonyl (C=O) groups excluding carboxylic acids is 1. The van der Waals surface area contributed by atoms with Crippen LogP contribution in [-0.4, -0.2) is 37.4 Å². The van der Waals surface area contributed by atoms with Crippen molar-refractivity contribution in [3.63, 3.8) is 0 Å². The highest BCUT2D eigenvalue weighted by molar-refractivity contribution is 8.26. The molecule has 1 amide bonds. The molecule has 0 aliphatic carbocycles. The molecule has 1 saturated heterocycles. The first-order valence-corrected chi connectivity index (χ1v) is 8.87. The molecule has 0 radical (unpaired) electrons. The number of phenols is 1. The van der Waals surface area contributed by atoms with Gasteiger partial charge >= 0.3 is 5.97 Å². The number of aromatic hydroxyl groups is 1. The molecule has 0 bridgehead atoms. The minimum absolute atomic E-state index is 0.143. The van der Waals surface area contributed by atoms with E-state index in [0.29, 0.717) is 17.7 Å². The fraction of sp³-hybridized carbons (Fsp3) is 0.353. The highest BCUT2D eigenvalue weighted by Gasteiger charge is 2.41. The van der Waals surface area contributed by atoms with Gasteiger partial charge in [-0.1, -0.05) is 55.9 Å². The van der Waals surface area contributed by atoms with Crippen molar-refractivity contribution in [2.45, 2.75) is 39.2 Å². The molecule has 2 N–H and O–H groups in total. The summed E-state index contributed by atoms with van der Waals surface area (Å²) in [5.41, 5.74) is 1.50. The van der Waals surface area contributed by atoms with E-state index in [4.69, 9.17) is 12.2 Å². The molecule has 1 heterocycles. The third kappa shape index (κ3) is 3.79. The molecular weight excluding hydrogens is 346 g/mol. The van der Waals surface area contributed by atoms with Gasteiger partial charge in [-0.05, 0) is 36.6 Å². The molecule has 1 aliphatic rings. The zero-order chi connectivity index (χ0) is 17.9. The van der Waals surface area contributed by atoms with Crippen LogP contribution in [0.2, 0.25) is 0 Å². The SMILES string of the molecule is CCCCC(C(=O)O)N1C(=O)/C(=C(\C)c2ccc(O)cc2)SC1=S. The molecule has 7 heteroatoms. The van der Waals surface area contributed by atoms with Crippen molar-refractivity contribution in [1.82, 2.24) is 4.90 Å². The van der Waals surface area contributed by atoms with Gasteiger partial charge in [0.15, 0.2) is 0 Å². The lowest BCUT2D eigenvalue weighted by Crippen LogP contribution is -2.43. The third-order valence-electron chi connectivity index (χ3n) is 3.87. The zero-order valence-electron chi connectivity index (χ0n) is 13.5. The second kappa shape index (κ2) is 7.81. The van der Waals surface area contributed by atoms with Crippen LogP contribution >= 0.6 is 24.0 Å². The molecule has 1 aliphatic heterocycles. The first kappa shape index (κ1) is 18.5. The minimum atomic E-state index is -1.04. The Balaban J connectivity index is 2.34. The van der Waals surface area contributed by atoms with Gasteiger partial charge in [-0.3, -0.25) is 9.69 Å². The van der Waals surface area contributed by atoms with Crippen LogP contribution in [-0.2, 0) is 9.59 Å². The van der Waals surface area contributed by atoms with Gasteiger partial charge in [-0.15, -0.1) is 0 Å². The highest BCUT2D eigenvalue weighted by Crippen LogP contribution is 2.38. The van der Waals surface area contributed by atoms with E-state index in [1.165, 1.54) is 4.90 Å². The number of hydrogen-bond acceptors (Lipinski definition) is 5. The Morgan fingerprint density at radius 1 is 1.33 bits per heavy atom. The Morgan fingerprint density at radius 2 is 1.96 bits per heavy atom. The van der Waals surface area contributed by atoms with Crippen molar-refractivity contribution in [3.8, 4) is 5.75 Å². The van der Waals surface area contributed by atoms with Gasteiger partial charge in [-0.25, -0.2) is 4.79 Å². The van der Waals surface area contributed by atoms with Crippen LogP contribution in [0, 0.1) is 0 Å². The van der Waals surface area contributed by atoms with Crippen LogP contribution in [0.5, 0.6) is 5.75 Å². The van der Waals surface area contributed by atoms with E-state index in [0.717, 1.165) is 29.3 Å². The summed E-state index contributed by atoms with van der Waals surface area (Å²) in [5, 5.41) is 18.8. The van der Waals surface area contributed by atoms with Crippen molar-refractivity contribution < 1.29 is 19.8 Å². The maximum atomic E-state index is 12.8. The summed E-state index contributed by atoms with van der Waals surface area (Å²) in [4.78, 5) is 26.0. The number of phenolic OH excluding ortho intramolecular Hbond substituents is 1. The molecule has 2 rings (SSSR count). The number of thiocarbonyl (C=S) groups is 1. The number of nitrogens with zero attached hydrogens (tertiary/aromatic N) is 1. The third-order valence-corrected chi connectivity index (χ3v) is 5.37. The Labute approximate surface area is 150 Å². The van der Waals surface area contributed by atoms with E-state index in [-0.39, 0.29) is 16.0 Å². The number of hydrogen-bond donors (Lipinski definition) is 2. The van der Waals surface area contributed by atoms with Crippen molar-refractivity contribution in [2.75, 3.05) is 0 Å². The summed E-state index contributed by atoms with van der Waals surface area (Å²) >= 11 is 6.39. The molecule has 128 valence electrons. The number of rotatable bonds is 6. The van der Waals surface area contributed by atoms with Crippen molar-refractivity contribution in [2.24, 2.45) is 0 Å². The predicted octanol–water partition coefficient (Wildman–Crippen LogP) is 3.63. The number of allylic oxidation sites excluding steroid dienone is 1. The number of carboxylic acid groups (broad SMARTS) is 1. The second-order valence-corrected chi connectivity index (χ2v) is 7.18. The molecule has 0 saturated carbocycles. The molecule has 24 heavy (non-hydrogen) atoms. The number of carboxylic acids is 1. The fourth-order valence-electron chi connectivity index (χ4n) is 2.48. The summed E-state index contributed by atoms with van der Waals surface area (Å²) in [6, 6.07) is 5.58. The van der Waals surface area contributed by atoms with Crippen LogP contribution in [0.1, 0.15) is 38.7 Å². The van der Waals surface area contributed by atoms with E-state index in [1.54, 1.807) is 31.2 Å². The monoisotopic (exact) mass is 365 g/mol.